The third-order valence-corrected chi connectivity index (χ3v) is 4.66. The number of hydrogen-bond acceptors (Lipinski definition) is 3. The van der Waals surface area contributed by atoms with Crippen molar-refractivity contribution in [1.82, 2.24) is 9.80 Å². The Balaban J connectivity index is 2.05. The van der Waals surface area contributed by atoms with Crippen molar-refractivity contribution in [2.24, 2.45) is 5.73 Å². The number of piperazine rings is 1. The minimum absolute atomic E-state index is 0.443. The Morgan fingerprint density at radius 3 is 2.89 bits per heavy atom. The average molecular weight is 333 g/mol. The summed E-state index contributed by atoms with van der Waals surface area (Å²) in [5, 5.41) is 0.757. The minimum Gasteiger partial charge on any atom is -0.329 e. The number of likely N-dealkylation sites (N-methyl/N-ethyl adjacent to an activating group) is 1. The van der Waals surface area contributed by atoms with Gasteiger partial charge in [0, 0.05) is 43.2 Å². The summed E-state index contributed by atoms with van der Waals surface area (Å²) in [5.41, 5.74) is 7.14. The van der Waals surface area contributed by atoms with Gasteiger partial charge in [0.2, 0.25) is 0 Å². The molecule has 0 aliphatic carbocycles. The molecule has 0 saturated carbocycles. The van der Waals surface area contributed by atoms with Crippen LogP contribution < -0.4 is 5.73 Å². The molecule has 18 heavy (non-hydrogen) atoms. The molecule has 1 atom stereocenters. The number of halogens is 2. The van der Waals surface area contributed by atoms with Crippen LogP contribution in [0.15, 0.2) is 22.7 Å². The zero-order valence-electron chi connectivity index (χ0n) is 10.6. The molecule has 0 spiro atoms. The lowest BCUT2D eigenvalue weighted by Crippen LogP contribution is -2.54. The Hall–Kier alpha value is -0.130. The lowest BCUT2D eigenvalue weighted by Gasteiger charge is -2.39. The highest BCUT2D eigenvalue weighted by molar-refractivity contribution is 9.10. The third-order valence-electron chi connectivity index (χ3n) is 3.45. The largest absolute Gasteiger partial charge is 0.329 e. The molecular weight excluding hydrogens is 314 g/mol. The molecule has 1 fully saturated rings. The monoisotopic (exact) mass is 331 g/mol. The Morgan fingerprint density at radius 2 is 2.22 bits per heavy atom. The third kappa shape index (κ3) is 3.45. The van der Waals surface area contributed by atoms with Crippen molar-refractivity contribution in [2.75, 3.05) is 33.2 Å². The van der Waals surface area contributed by atoms with Crippen molar-refractivity contribution in [1.29, 1.82) is 0 Å². The Bertz CT molecular complexity index is 413. The highest BCUT2D eigenvalue weighted by Crippen LogP contribution is 2.24. The first-order chi connectivity index (χ1) is 8.60. The van der Waals surface area contributed by atoms with Gasteiger partial charge in [0.15, 0.2) is 0 Å². The number of nitrogens with zero attached hydrogens (tertiary/aromatic N) is 2. The van der Waals surface area contributed by atoms with Crippen molar-refractivity contribution in [3.05, 3.63) is 33.3 Å². The van der Waals surface area contributed by atoms with E-state index in [0.29, 0.717) is 12.6 Å². The summed E-state index contributed by atoms with van der Waals surface area (Å²) >= 11 is 9.48. The van der Waals surface area contributed by atoms with Crippen LogP contribution in [0.25, 0.3) is 0 Å². The second-order valence-corrected chi connectivity index (χ2v) is 6.13. The van der Waals surface area contributed by atoms with Gasteiger partial charge < -0.3 is 10.6 Å². The van der Waals surface area contributed by atoms with Crippen LogP contribution in [0.3, 0.4) is 0 Å². The van der Waals surface area contributed by atoms with Crippen molar-refractivity contribution in [2.45, 2.75) is 12.6 Å². The minimum atomic E-state index is 0.443. The Morgan fingerprint density at radius 1 is 1.44 bits per heavy atom. The van der Waals surface area contributed by atoms with E-state index in [1.807, 2.05) is 6.07 Å². The molecule has 100 valence electrons. The van der Waals surface area contributed by atoms with Crippen molar-refractivity contribution in [3.8, 4) is 0 Å². The van der Waals surface area contributed by atoms with E-state index in [1.165, 1.54) is 5.56 Å². The summed E-state index contributed by atoms with van der Waals surface area (Å²) in [5.74, 6) is 0. The predicted molar refractivity (Wildman–Crippen MR) is 79.9 cm³/mol. The molecule has 0 radical (unpaired) electrons. The molecular formula is C13H19BrClN3. The average Bonchev–Trinajstić information content (AvgIpc) is 2.36. The second kappa shape index (κ2) is 6.35. The van der Waals surface area contributed by atoms with Gasteiger partial charge in [0.25, 0.3) is 0 Å². The van der Waals surface area contributed by atoms with E-state index in [2.05, 4.69) is 44.9 Å². The van der Waals surface area contributed by atoms with Crippen molar-refractivity contribution >= 4 is 27.5 Å². The van der Waals surface area contributed by atoms with Gasteiger partial charge in [-0.1, -0.05) is 17.7 Å². The topological polar surface area (TPSA) is 32.5 Å². The standard InChI is InChI=1S/C13H19BrClN3/c1-17-4-5-18(11(7-16)9-17)8-10-2-3-13(15)12(14)6-10/h2-3,6,11H,4-5,7-9,16H2,1H3. The molecule has 0 aromatic heterocycles. The number of benzene rings is 1. The molecule has 0 bridgehead atoms. The molecule has 1 saturated heterocycles. The van der Waals surface area contributed by atoms with Crippen LogP contribution in [-0.4, -0.2) is 49.1 Å². The van der Waals surface area contributed by atoms with Crippen LogP contribution in [0.1, 0.15) is 5.56 Å². The van der Waals surface area contributed by atoms with Gasteiger partial charge in [-0.25, -0.2) is 0 Å². The fourth-order valence-corrected chi connectivity index (χ4v) is 2.90. The molecule has 3 nitrogen and oxygen atoms in total. The molecule has 1 heterocycles. The van der Waals surface area contributed by atoms with Gasteiger partial charge in [-0.2, -0.15) is 0 Å². The SMILES string of the molecule is CN1CCN(Cc2ccc(Cl)c(Br)c2)C(CN)C1. The van der Waals surface area contributed by atoms with E-state index in [0.717, 1.165) is 35.7 Å². The van der Waals surface area contributed by atoms with Crippen LogP contribution in [0.5, 0.6) is 0 Å². The maximum atomic E-state index is 6.01. The van der Waals surface area contributed by atoms with Crippen LogP contribution in [0.2, 0.25) is 5.02 Å². The normalized spacial score (nSPS) is 22.3. The van der Waals surface area contributed by atoms with Crippen molar-refractivity contribution < 1.29 is 0 Å². The zero-order valence-corrected chi connectivity index (χ0v) is 12.9. The quantitative estimate of drug-likeness (QED) is 0.921. The molecule has 1 unspecified atom stereocenters. The lowest BCUT2D eigenvalue weighted by molar-refractivity contribution is 0.0881. The van der Waals surface area contributed by atoms with Crippen LogP contribution in [0, 0.1) is 0 Å². The zero-order chi connectivity index (χ0) is 13.1. The van der Waals surface area contributed by atoms with E-state index in [9.17, 15) is 0 Å². The molecule has 1 aromatic carbocycles. The van der Waals surface area contributed by atoms with Gasteiger partial charge >= 0.3 is 0 Å². The van der Waals surface area contributed by atoms with Crippen LogP contribution >= 0.6 is 27.5 Å². The summed E-state index contributed by atoms with van der Waals surface area (Å²) in [6.07, 6.45) is 0. The first-order valence-electron chi connectivity index (χ1n) is 6.16. The van der Waals surface area contributed by atoms with Gasteiger partial charge in [0.1, 0.15) is 0 Å². The predicted octanol–water partition coefficient (Wildman–Crippen LogP) is 2.18. The van der Waals surface area contributed by atoms with Gasteiger partial charge in [-0.3, -0.25) is 4.90 Å². The van der Waals surface area contributed by atoms with E-state index in [-0.39, 0.29) is 0 Å². The maximum absolute atomic E-state index is 6.01. The van der Waals surface area contributed by atoms with E-state index >= 15 is 0 Å². The summed E-state index contributed by atoms with van der Waals surface area (Å²) in [7, 11) is 2.15. The van der Waals surface area contributed by atoms with Gasteiger partial charge in [-0.05, 0) is 40.7 Å². The molecule has 2 rings (SSSR count). The summed E-state index contributed by atoms with van der Waals surface area (Å²) in [6, 6.07) is 6.56. The van der Waals surface area contributed by atoms with Crippen molar-refractivity contribution in [3.63, 3.8) is 0 Å². The Kier molecular flexibility index (Phi) is 5.04. The van der Waals surface area contributed by atoms with Gasteiger partial charge in [-0.15, -0.1) is 0 Å². The van der Waals surface area contributed by atoms with Crippen LogP contribution in [0.4, 0.5) is 0 Å². The number of rotatable bonds is 3. The lowest BCUT2D eigenvalue weighted by atomic mass is 10.1. The van der Waals surface area contributed by atoms with E-state index in [4.69, 9.17) is 17.3 Å². The molecule has 2 N–H and O–H groups in total. The summed E-state index contributed by atoms with van der Waals surface area (Å²) < 4.78 is 0.958. The maximum Gasteiger partial charge on any atom is 0.0548 e. The van der Waals surface area contributed by atoms with E-state index < -0.39 is 0 Å². The first-order valence-corrected chi connectivity index (χ1v) is 7.34. The molecule has 1 aliphatic heterocycles. The molecule has 1 aromatic rings. The molecule has 1 aliphatic rings. The highest BCUT2D eigenvalue weighted by Gasteiger charge is 2.23. The Labute approximate surface area is 122 Å². The molecule has 5 heteroatoms. The fraction of sp³-hybridized carbons (Fsp3) is 0.538. The van der Waals surface area contributed by atoms with E-state index in [1.54, 1.807) is 0 Å². The molecule has 0 amide bonds. The fourth-order valence-electron chi connectivity index (χ4n) is 2.35. The highest BCUT2D eigenvalue weighted by atomic mass is 79.9. The number of hydrogen-bond donors (Lipinski definition) is 1. The number of nitrogens with two attached hydrogens (primary N) is 1. The van der Waals surface area contributed by atoms with Crippen LogP contribution in [-0.2, 0) is 6.54 Å². The smallest absolute Gasteiger partial charge is 0.0548 e. The summed E-state index contributed by atoms with van der Waals surface area (Å²) in [4.78, 5) is 4.79. The summed E-state index contributed by atoms with van der Waals surface area (Å²) in [6.45, 7) is 4.86. The first kappa shape index (κ1) is 14.3. The second-order valence-electron chi connectivity index (χ2n) is 4.87. The van der Waals surface area contributed by atoms with Gasteiger partial charge in [0.05, 0.1) is 5.02 Å².